The first-order chi connectivity index (χ1) is 11.2. The number of benzene rings is 1. The van der Waals surface area contributed by atoms with E-state index in [9.17, 15) is 13.2 Å². The number of carbonyl (C=O) groups excluding carboxylic acids is 1. The number of aromatic nitrogens is 2. The van der Waals surface area contributed by atoms with Gasteiger partial charge in [0.25, 0.3) is 10.0 Å². The number of carbonyl (C=O) groups is 1. The van der Waals surface area contributed by atoms with E-state index in [0.717, 1.165) is 28.0 Å². The highest BCUT2D eigenvalue weighted by atomic mass is 32.2. The van der Waals surface area contributed by atoms with Crippen molar-refractivity contribution in [2.75, 3.05) is 5.32 Å². The molecule has 2 N–H and O–H groups in total. The second-order valence-electron chi connectivity index (χ2n) is 5.50. The zero-order chi connectivity index (χ0) is 17.9. The number of sulfonamides is 1. The SMILES string of the molecule is CC[C@@H](NS(=O)(=O)c1nnc(NC(C)=O)s1)c1ccc(C)cc1C. The van der Waals surface area contributed by atoms with Gasteiger partial charge in [-0.25, -0.2) is 13.1 Å². The third-order valence-corrected chi connectivity index (χ3v) is 6.10. The summed E-state index contributed by atoms with van der Waals surface area (Å²) in [6.45, 7) is 7.18. The summed E-state index contributed by atoms with van der Waals surface area (Å²) in [5, 5.41) is 9.92. The molecule has 0 fully saturated rings. The Labute approximate surface area is 145 Å². The largest absolute Gasteiger partial charge is 0.301 e. The summed E-state index contributed by atoms with van der Waals surface area (Å²) < 4.78 is 27.6. The van der Waals surface area contributed by atoms with Crippen LogP contribution in [0.2, 0.25) is 0 Å². The zero-order valence-electron chi connectivity index (χ0n) is 14.0. The maximum atomic E-state index is 12.5. The lowest BCUT2D eigenvalue weighted by Crippen LogP contribution is -2.28. The van der Waals surface area contributed by atoms with Crippen molar-refractivity contribution in [2.24, 2.45) is 0 Å². The number of nitrogens with zero attached hydrogens (tertiary/aromatic N) is 2. The van der Waals surface area contributed by atoms with Gasteiger partial charge in [0.1, 0.15) is 0 Å². The fourth-order valence-electron chi connectivity index (χ4n) is 2.34. The molecular formula is C15H20N4O3S2. The van der Waals surface area contributed by atoms with Crippen LogP contribution in [-0.4, -0.2) is 24.5 Å². The van der Waals surface area contributed by atoms with Crippen molar-refractivity contribution < 1.29 is 13.2 Å². The van der Waals surface area contributed by atoms with Gasteiger partial charge >= 0.3 is 0 Å². The number of nitrogens with one attached hydrogen (secondary N) is 2. The first-order valence-corrected chi connectivity index (χ1v) is 9.73. The Bertz CT molecular complexity index is 846. The van der Waals surface area contributed by atoms with E-state index >= 15 is 0 Å². The maximum Gasteiger partial charge on any atom is 0.270 e. The van der Waals surface area contributed by atoms with Crippen LogP contribution in [0.3, 0.4) is 0 Å². The predicted molar refractivity (Wildman–Crippen MR) is 93.5 cm³/mol. The number of rotatable bonds is 6. The van der Waals surface area contributed by atoms with Gasteiger partial charge in [-0.2, -0.15) is 0 Å². The van der Waals surface area contributed by atoms with Gasteiger partial charge < -0.3 is 5.32 Å². The average molecular weight is 368 g/mol. The van der Waals surface area contributed by atoms with Gasteiger partial charge in [-0.3, -0.25) is 4.79 Å². The molecule has 1 aromatic carbocycles. The van der Waals surface area contributed by atoms with Gasteiger partial charge in [-0.1, -0.05) is 42.0 Å². The molecule has 1 heterocycles. The van der Waals surface area contributed by atoms with Crippen LogP contribution in [0.4, 0.5) is 5.13 Å². The molecule has 2 aromatic rings. The second-order valence-corrected chi connectivity index (χ2v) is 8.36. The Balaban J connectivity index is 2.25. The van der Waals surface area contributed by atoms with Gasteiger partial charge in [-0.05, 0) is 31.4 Å². The molecular weight excluding hydrogens is 348 g/mol. The number of hydrogen-bond acceptors (Lipinski definition) is 6. The van der Waals surface area contributed by atoms with Crippen molar-refractivity contribution in [1.29, 1.82) is 0 Å². The molecule has 0 aliphatic heterocycles. The molecule has 130 valence electrons. The van der Waals surface area contributed by atoms with E-state index in [2.05, 4.69) is 20.2 Å². The van der Waals surface area contributed by atoms with Crippen LogP contribution >= 0.6 is 11.3 Å². The molecule has 0 aliphatic rings. The fourth-order valence-corrected chi connectivity index (χ4v) is 4.60. The minimum atomic E-state index is -3.82. The summed E-state index contributed by atoms with van der Waals surface area (Å²) in [4.78, 5) is 11.0. The summed E-state index contributed by atoms with van der Waals surface area (Å²) in [5.41, 5.74) is 3.08. The van der Waals surface area contributed by atoms with Crippen molar-refractivity contribution in [3.05, 3.63) is 34.9 Å². The molecule has 0 radical (unpaired) electrons. The number of aryl methyl sites for hydroxylation is 2. The van der Waals surface area contributed by atoms with Crippen LogP contribution in [0.1, 0.15) is 43.0 Å². The Hall–Kier alpha value is -1.84. The standard InChI is InChI=1S/C15H20N4O3S2/c1-5-13(12-7-6-9(2)8-10(12)3)19-24(21,22)15-18-17-14(23-15)16-11(4)20/h6-8,13,19H,5H2,1-4H3,(H,16,17,20)/t13-/m1/s1. The normalized spacial score (nSPS) is 12.8. The highest BCUT2D eigenvalue weighted by Crippen LogP contribution is 2.26. The molecule has 2 rings (SSSR count). The number of amides is 1. The van der Waals surface area contributed by atoms with E-state index in [0.29, 0.717) is 6.42 Å². The second kappa shape index (κ2) is 7.37. The van der Waals surface area contributed by atoms with Crippen LogP contribution in [0.5, 0.6) is 0 Å². The molecule has 0 saturated carbocycles. The Morgan fingerprint density at radius 1 is 1.29 bits per heavy atom. The summed E-state index contributed by atoms with van der Waals surface area (Å²) in [7, 11) is -3.82. The molecule has 1 amide bonds. The summed E-state index contributed by atoms with van der Waals surface area (Å²) in [6, 6.07) is 5.55. The van der Waals surface area contributed by atoms with Crippen molar-refractivity contribution in [3.8, 4) is 0 Å². The van der Waals surface area contributed by atoms with E-state index in [1.54, 1.807) is 0 Å². The molecule has 1 atom stereocenters. The topological polar surface area (TPSA) is 101 Å². The zero-order valence-corrected chi connectivity index (χ0v) is 15.6. The van der Waals surface area contributed by atoms with Gasteiger partial charge in [0.15, 0.2) is 0 Å². The highest BCUT2D eigenvalue weighted by Gasteiger charge is 2.25. The third-order valence-electron chi connectivity index (χ3n) is 3.43. The summed E-state index contributed by atoms with van der Waals surface area (Å²) in [5.74, 6) is -0.329. The van der Waals surface area contributed by atoms with E-state index in [4.69, 9.17) is 0 Å². The Kier molecular flexibility index (Phi) is 5.68. The number of hydrogen-bond donors (Lipinski definition) is 2. The summed E-state index contributed by atoms with van der Waals surface area (Å²) >= 11 is 0.818. The van der Waals surface area contributed by atoms with E-state index in [1.165, 1.54) is 6.92 Å². The maximum absolute atomic E-state index is 12.5. The van der Waals surface area contributed by atoms with Crippen LogP contribution in [0.15, 0.2) is 22.5 Å². The molecule has 0 spiro atoms. The van der Waals surface area contributed by atoms with Crippen molar-refractivity contribution in [3.63, 3.8) is 0 Å². The Morgan fingerprint density at radius 2 is 2.00 bits per heavy atom. The van der Waals surface area contributed by atoms with Crippen molar-refractivity contribution in [1.82, 2.24) is 14.9 Å². The highest BCUT2D eigenvalue weighted by molar-refractivity contribution is 7.91. The van der Waals surface area contributed by atoms with Gasteiger partial charge in [0, 0.05) is 13.0 Å². The van der Waals surface area contributed by atoms with Gasteiger partial charge in [0.05, 0.1) is 0 Å². The minimum absolute atomic E-state index is 0.155. The molecule has 24 heavy (non-hydrogen) atoms. The smallest absolute Gasteiger partial charge is 0.270 e. The van der Waals surface area contributed by atoms with Crippen molar-refractivity contribution in [2.45, 2.75) is 44.5 Å². The van der Waals surface area contributed by atoms with Gasteiger partial charge in [-0.15, -0.1) is 10.2 Å². The minimum Gasteiger partial charge on any atom is -0.301 e. The first kappa shape index (κ1) is 18.5. The lowest BCUT2D eigenvalue weighted by molar-refractivity contribution is -0.114. The lowest BCUT2D eigenvalue weighted by atomic mass is 9.98. The van der Waals surface area contributed by atoms with Crippen LogP contribution < -0.4 is 10.0 Å². The number of anilines is 1. The van der Waals surface area contributed by atoms with Crippen LogP contribution in [-0.2, 0) is 14.8 Å². The first-order valence-electron chi connectivity index (χ1n) is 7.43. The Morgan fingerprint density at radius 3 is 2.58 bits per heavy atom. The molecule has 0 saturated heterocycles. The molecule has 0 aliphatic carbocycles. The van der Waals surface area contributed by atoms with Crippen LogP contribution in [0.25, 0.3) is 0 Å². The molecule has 0 unspecified atom stereocenters. The predicted octanol–water partition coefficient (Wildman–Crippen LogP) is 2.54. The molecule has 9 heteroatoms. The molecule has 1 aromatic heterocycles. The molecule has 0 bridgehead atoms. The fraction of sp³-hybridized carbons (Fsp3) is 0.400. The van der Waals surface area contributed by atoms with E-state index < -0.39 is 10.0 Å². The monoisotopic (exact) mass is 368 g/mol. The van der Waals surface area contributed by atoms with E-state index in [-0.39, 0.29) is 21.4 Å². The summed E-state index contributed by atoms with van der Waals surface area (Å²) in [6.07, 6.45) is 0.598. The lowest BCUT2D eigenvalue weighted by Gasteiger charge is -2.19. The van der Waals surface area contributed by atoms with E-state index in [1.807, 2.05) is 39.0 Å². The third kappa shape index (κ3) is 4.37. The quantitative estimate of drug-likeness (QED) is 0.763. The average Bonchev–Trinajstić information content (AvgIpc) is 2.94. The van der Waals surface area contributed by atoms with Crippen LogP contribution in [0, 0.1) is 13.8 Å². The molecule has 7 nitrogen and oxygen atoms in total. The van der Waals surface area contributed by atoms with Crippen molar-refractivity contribution >= 4 is 32.4 Å². The van der Waals surface area contributed by atoms with Gasteiger partial charge in [0.2, 0.25) is 15.4 Å².